The van der Waals surface area contributed by atoms with Crippen molar-refractivity contribution < 1.29 is 108 Å². The van der Waals surface area contributed by atoms with Gasteiger partial charge in [-0.2, -0.15) is 13.2 Å². The molecule has 8 rings (SSSR count). The SMILES string of the molecule is CC(=O)C=C(C)O.CC(=O)C=C(C)O.CCCCCCCCCCc1cnc(-c2[c-]cc(F)c(C(F)(F)F)c2)nc1.CCCCCCCCCCc1cnc(-c2[c-]ccc(-c3ccccc3)c2)nc1.CCc1cnc(-c2[c-]cc(C(C)(C)C)cc2)nc1.O=C(O)c1ccccn1.[Ir].[Ir].[Ir]. The van der Waals surface area contributed by atoms with Gasteiger partial charge in [0, 0.05) is 127 Å². The average molecular weight is 1890 g/mol. The van der Waals surface area contributed by atoms with E-state index in [0.717, 1.165) is 66.0 Å². The topological polar surface area (TPSA) is 202 Å². The fourth-order valence-electron chi connectivity index (χ4n) is 9.18. The maximum Gasteiger partial charge on any atom is 0.402 e. The van der Waals surface area contributed by atoms with E-state index in [9.17, 15) is 31.9 Å². The van der Waals surface area contributed by atoms with Crippen molar-refractivity contribution in [1.29, 1.82) is 0 Å². The van der Waals surface area contributed by atoms with Crippen LogP contribution in [0.3, 0.4) is 0 Å². The van der Waals surface area contributed by atoms with Crippen LogP contribution in [0.1, 0.15) is 210 Å². The molecular weight excluding hydrogens is 1800 g/mol. The predicted octanol–water partition coefficient (Wildman–Crippen LogP) is 20.7. The number of aliphatic hydroxyl groups is 2. The largest absolute Gasteiger partial charge is 0.512 e. The summed E-state index contributed by atoms with van der Waals surface area (Å²) in [5.74, 6) is -0.863. The molecular formula is C79H96F4Ir3N7O6-3. The van der Waals surface area contributed by atoms with Crippen LogP contribution >= 0.6 is 0 Å². The van der Waals surface area contributed by atoms with Gasteiger partial charge in [-0.05, 0) is 99.6 Å². The molecule has 0 aliphatic heterocycles. The van der Waals surface area contributed by atoms with E-state index in [1.54, 1.807) is 24.5 Å². The smallest absolute Gasteiger partial charge is 0.402 e. The van der Waals surface area contributed by atoms with Gasteiger partial charge in [0.2, 0.25) is 0 Å². The van der Waals surface area contributed by atoms with Crippen molar-refractivity contribution in [2.45, 2.75) is 203 Å². The number of aliphatic hydroxyl groups excluding tert-OH is 2. The summed E-state index contributed by atoms with van der Waals surface area (Å²) in [6, 6.07) is 37.9. The van der Waals surface area contributed by atoms with Gasteiger partial charge in [-0.1, -0.05) is 168 Å². The Bertz CT molecular complexity index is 3530. The number of pyridine rings is 1. The molecule has 4 heterocycles. The van der Waals surface area contributed by atoms with E-state index in [1.165, 1.54) is 164 Å². The first-order valence-corrected chi connectivity index (χ1v) is 33.1. The van der Waals surface area contributed by atoms with Crippen LogP contribution in [-0.4, -0.2) is 67.7 Å². The predicted molar refractivity (Wildman–Crippen MR) is 375 cm³/mol. The molecule has 0 fully saturated rings. The van der Waals surface area contributed by atoms with Crippen LogP contribution in [-0.2, 0) is 101 Å². The van der Waals surface area contributed by atoms with Gasteiger partial charge in [-0.15, -0.1) is 94.5 Å². The Kier molecular flexibility index (Phi) is 48.1. The molecule has 3 N–H and O–H groups in total. The molecule has 20 heteroatoms. The molecule has 0 unspecified atom stereocenters. The van der Waals surface area contributed by atoms with Crippen LogP contribution in [0.5, 0.6) is 0 Å². The minimum absolute atomic E-state index is 0. The Balaban J connectivity index is 0.00000125. The number of halogens is 4. The number of hydrogen-bond acceptors (Lipinski definition) is 12. The number of rotatable bonds is 26. The molecule has 0 bridgehead atoms. The Hall–Kier alpha value is -7.17. The van der Waals surface area contributed by atoms with Gasteiger partial charge in [0.25, 0.3) is 0 Å². The summed E-state index contributed by atoms with van der Waals surface area (Å²) < 4.78 is 51.8. The van der Waals surface area contributed by atoms with Crippen molar-refractivity contribution >= 4 is 17.5 Å². The minimum atomic E-state index is -4.76. The maximum atomic E-state index is 13.3. The Morgan fingerprint density at radius 3 is 1.26 bits per heavy atom. The molecule has 4 aromatic carbocycles. The van der Waals surface area contributed by atoms with Crippen LogP contribution in [0.2, 0.25) is 0 Å². The van der Waals surface area contributed by atoms with E-state index < -0.39 is 23.5 Å². The molecule has 4 aromatic heterocycles. The molecule has 0 aliphatic rings. The first kappa shape index (κ1) is 91.8. The second-order valence-electron chi connectivity index (χ2n) is 24.1. The number of benzene rings is 4. The Labute approximate surface area is 625 Å². The molecule has 0 amide bonds. The molecule has 99 heavy (non-hydrogen) atoms. The van der Waals surface area contributed by atoms with Crippen molar-refractivity contribution in [1.82, 2.24) is 34.9 Å². The summed E-state index contributed by atoms with van der Waals surface area (Å²) in [5.41, 5.74) is 7.80. The monoisotopic (exact) mass is 1890 g/mol. The third-order valence-corrected chi connectivity index (χ3v) is 14.4. The number of carbonyl (C=O) groups excluding carboxylic acids is 2. The Morgan fingerprint density at radius 1 is 0.475 bits per heavy atom. The van der Waals surface area contributed by atoms with Gasteiger partial charge < -0.3 is 15.3 Å². The number of aromatic carboxylic acids is 1. The number of ketones is 2. The van der Waals surface area contributed by atoms with Crippen LogP contribution in [0.4, 0.5) is 17.6 Å². The van der Waals surface area contributed by atoms with E-state index in [2.05, 4.69) is 137 Å². The molecule has 0 spiro atoms. The summed E-state index contributed by atoms with van der Waals surface area (Å²) >= 11 is 0. The third-order valence-electron chi connectivity index (χ3n) is 14.4. The molecule has 13 nitrogen and oxygen atoms in total. The summed E-state index contributed by atoms with van der Waals surface area (Å²) in [6.07, 6.45) is 33.4. The molecule has 0 saturated carbocycles. The average Bonchev–Trinajstić information content (AvgIpc) is 0.834. The maximum absolute atomic E-state index is 13.3. The van der Waals surface area contributed by atoms with Gasteiger partial charge in [-0.25, -0.2) is 9.78 Å². The van der Waals surface area contributed by atoms with Crippen molar-refractivity contribution in [3.05, 3.63) is 222 Å². The number of aromatic nitrogens is 7. The second-order valence-corrected chi connectivity index (χ2v) is 24.1. The number of unbranched alkanes of at least 4 members (excludes halogenated alkanes) is 14. The van der Waals surface area contributed by atoms with Crippen molar-refractivity contribution in [2.75, 3.05) is 0 Å². The molecule has 0 saturated heterocycles. The molecule has 0 atom stereocenters. The van der Waals surface area contributed by atoms with E-state index in [4.69, 9.17) is 15.3 Å². The normalized spacial score (nSPS) is 10.8. The van der Waals surface area contributed by atoms with Crippen LogP contribution in [0.25, 0.3) is 45.3 Å². The Morgan fingerprint density at radius 2 is 0.899 bits per heavy atom. The van der Waals surface area contributed by atoms with E-state index >= 15 is 0 Å². The third kappa shape index (κ3) is 40.0. The van der Waals surface area contributed by atoms with Gasteiger partial charge in [-0.3, -0.25) is 43.9 Å². The summed E-state index contributed by atoms with van der Waals surface area (Å²) in [4.78, 5) is 59.9. The number of alkyl halides is 3. The van der Waals surface area contributed by atoms with E-state index in [0.29, 0.717) is 12.1 Å². The second kappa shape index (κ2) is 51.9. The van der Waals surface area contributed by atoms with Gasteiger partial charge in [0.05, 0.1) is 29.0 Å². The number of nitrogens with zero attached hydrogens (tertiary/aromatic N) is 7. The first-order valence-electron chi connectivity index (χ1n) is 33.1. The van der Waals surface area contributed by atoms with Crippen LogP contribution < -0.4 is 0 Å². The standard InChI is InChI=1S/C26H31N2.C21H25F4N2.C16H19N2.C6H5NO2.2C5H8O2.3Ir/c1-2-3-4-5-6-7-8-10-14-22-20-27-26(28-21-22)25-18-13-17-24(19-25)23-15-11-9-12-16-23;1-2-3-4-5-6-7-8-9-10-16-14-26-20(27-15-16)17-11-12-19(22)18(13-17)21(23,24)25;1-5-12-10-17-15(18-11-12)13-6-8-14(9-7-13)16(2,3)4;8-6(9)5-3-1-2-4-7-5;2*1-4(6)3-5(2)7;;;/h9,11-13,15-17,19-21H,2-8,10,14H2,1H3;12-15H,2-10H2,1H3;6,8-11H,5H2,1-4H3;1-4H,(H,8,9);2*3,6H,1-2H3;;;/q3*-1;;;;;;. The van der Waals surface area contributed by atoms with Crippen molar-refractivity contribution in [2.24, 2.45) is 0 Å². The zero-order valence-electron chi connectivity index (χ0n) is 58.6. The quantitative estimate of drug-likeness (QED) is 0.0152. The van der Waals surface area contributed by atoms with Crippen LogP contribution in [0.15, 0.2) is 164 Å². The van der Waals surface area contributed by atoms with Crippen LogP contribution in [0, 0.1) is 24.0 Å². The summed E-state index contributed by atoms with van der Waals surface area (Å²) in [5, 5.41) is 25.0. The zero-order chi connectivity index (χ0) is 70.7. The first-order chi connectivity index (χ1) is 45.8. The van der Waals surface area contributed by atoms with Crippen molar-refractivity contribution in [3.8, 4) is 45.3 Å². The molecule has 541 valence electrons. The van der Waals surface area contributed by atoms with Gasteiger partial charge in [0.15, 0.2) is 11.6 Å². The molecule has 8 aromatic rings. The summed E-state index contributed by atoms with van der Waals surface area (Å²) in [7, 11) is 0. The van der Waals surface area contributed by atoms with Gasteiger partial charge >= 0.3 is 12.1 Å². The van der Waals surface area contributed by atoms with Gasteiger partial charge in [0.1, 0.15) is 5.69 Å². The molecule has 0 aliphatic carbocycles. The minimum Gasteiger partial charge on any atom is -0.512 e. The van der Waals surface area contributed by atoms with E-state index in [1.807, 2.05) is 49.1 Å². The van der Waals surface area contributed by atoms with Crippen molar-refractivity contribution in [3.63, 3.8) is 0 Å². The number of allylic oxidation sites excluding steroid dienone is 4. The summed E-state index contributed by atoms with van der Waals surface area (Å²) in [6.45, 7) is 18.9. The number of carbonyl (C=O) groups is 3. The number of hydrogen-bond donors (Lipinski definition) is 3. The zero-order valence-corrected chi connectivity index (χ0v) is 65.8. The fraction of sp³-hybridized carbons (Fsp3) is 0.392. The van der Waals surface area contributed by atoms with E-state index in [-0.39, 0.29) is 106 Å². The number of carboxylic acids is 1. The number of carboxylic acid groups (broad SMARTS) is 1. The molecule has 3 radical (unpaired) electrons. The number of aryl methyl sites for hydroxylation is 3. The fourth-order valence-corrected chi connectivity index (χ4v) is 9.18.